The third-order valence-corrected chi connectivity index (χ3v) is 2.89. The van der Waals surface area contributed by atoms with Crippen LogP contribution in [0.15, 0.2) is 4.99 Å². The zero-order chi connectivity index (χ0) is 8.97. The molecule has 1 atom stereocenters. The molecular formula is C7H12F2N2S. The fourth-order valence-corrected chi connectivity index (χ4v) is 1.84. The van der Waals surface area contributed by atoms with Gasteiger partial charge >= 0.3 is 0 Å². The van der Waals surface area contributed by atoms with Crippen molar-refractivity contribution in [2.75, 3.05) is 13.1 Å². The minimum absolute atomic E-state index is 0.289. The van der Waals surface area contributed by atoms with Crippen LogP contribution in [-0.2, 0) is 0 Å². The molecule has 1 aliphatic heterocycles. The second-order valence-corrected chi connectivity index (χ2v) is 3.86. The molecule has 5 heteroatoms. The van der Waals surface area contributed by atoms with Crippen LogP contribution in [0.4, 0.5) is 8.78 Å². The van der Waals surface area contributed by atoms with Gasteiger partial charge in [-0.1, -0.05) is 18.7 Å². The van der Waals surface area contributed by atoms with E-state index in [1.165, 1.54) is 0 Å². The largest absolute Gasteiger partial charge is 0.359 e. The standard InChI is InChI=1S/C7H12F2N2S/c1-2-5-3-10-7(12-5)11-4-6(8)9/h5-6H,2-4H2,1H3,(H,10,11). The van der Waals surface area contributed by atoms with Crippen molar-refractivity contribution < 1.29 is 8.78 Å². The minimum atomic E-state index is -2.30. The van der Waals surface area contributed by atoms with Crippen molar-refractivity contribution in [1.82, 2.24) is 5.32 Å². The van der Waals surface area contributed by atoms with E-state index in [9.17, 15) is 8.78 Å². The van der Waals surface area contributed by atoms with Crippen LogP contribution in [0, 0.1) is 0 Å². The molecule has 0 saturated heterocycles. The summed E-state index contributed by atoms with van der Waals surface area (Å²) in [5, 5.41) is 3.75. The number of rotatable bonds is 3. The van der Waals surface area contributed by atoms with E-state index in [0.717, 1.165) is 13.0 Å². The van der Waals surface area contributed by atoms with E-state index in [0.29, 0.717) is 10.4 Å². The summed E-state index contributed by atoms with van der Waals surface area (Å²) < 4.78 is 23.5. The Morgan fingerprint density at radius 3 is 3.00 bits per heavy atom. The first kappa shape index (κ1) is 9.77. The van der Waals surface area contributed by atoms with Crippen molar-refractivity contribution in [2.24, 2.45) is 4.99 Å². The van der Waals surface area contributed by atoms with Crippen molar-refractivity contribution in [3.63, 3.8) is 0 Å². The van der Waals surface area contributed by atoms with Gasteiger partial charge in [0.05, 0.1) is 13.1 Å². The second kappa shape index (κ2) is 4.64. The highest BCUT2D eigenvalue weighted by atomic mass is 32.2. The molecule has 0 fully saturated rings. The number of nitrogens with zero attached hydrogens (tertiary/aromatic N) is 1. The predicted octanol–water partition coefficient (Wildman–Crippen LogP) is 1.72. The van der Waals surface area contributed by atoms with Crippen LogP contribution in [0.2, 0.25) is 0 Å². The normalized spacial score (nSPS) is 23.0. The van der Waals surface area contributed by atoms with Crippen LogP contribution < -0.4 is 5.32 Å². The van der Waals surface area contributed by atoms with Crippen LogP contribution >= 0.6 is 11.8 Å². The summed E-state index contributed by atoms with van der Waals surface area (Å²) in [5.41, 5.74) is 0. The number of hydrogen-bond donors (Lipinski definition) is 1. The van der Waals surface area contributed by atoms with E-state index in [4.69, 9.17) is 0 Å². The summed E-state index contributed by atoms with van der Waals surface area (Å²) in [4.78, 5) is 4.10. The quantitative estimate of drug-likeness (QED) is 0.739. The van der Waals surface area contributed by atoms with Crippen molar-refractivity contribution in [1.29, 1.82) is 0 Å². The van der Waals surface area contributed by atoms with Crippen LogP contribution in [0.1, 0.15) is 13.3 Å². The zero-order valence-electron chi connectivity index (χ0n) is 6.89. The number of nitrogens with one attached hydrogen (secondary N) is 1. The van der Waals surface area contributed by atoms with Gasteiger partial charge in [0.2, 0.25) is 0 Å². The number of alkyl halides is 2. The fraction of sp³-hybridized carbons (Fsp3) is 0.857. The molecule has 0 saturated carbocycles. The number of amidine groups is 1. The molecular weight excluding hydrogens is 182 g/mol. The van der Waals surface area contributed by atoms with Gasteiger partial charge in [0.1, 0.15) is 0 Å². The summed E-state index contributed by atoms with van der Waals surface area (Å²) in [6.45, 7) is 2.54. The lowest BCUT2D eigenvalue weighted by Gasteiger charge is -2.05. The summed E-state index contributed by atoms with van der Waals surface area (Å²) in [6.07, 6.45) is -1.26. The molecule has 1 aliphatic rings. The maximum Gasteiger partial charge on any atom is 0.255 e. The van der Waals surface area contributed by atoms with Crippen molar-refractivity contribution in [3.8, 4) is 0 Å². The van der Waals surface area contributed by atoms with E-state index >= 15 is 0 Å². The molecule has 0 aliphatic carbocycles. The summed E-state index contributed by atoms with van der Waals surface area (Å²) in [6, 6.07) is 0. The lowest BCUT2D eigenvalue weighted by atomic mass is 10.3. The fourth-order valence-electron chi connectivity index (χ4n) is 0.892. The molecule has 1 rings (SSSR count). The zero-order valence-corrected chi connectivity index (χ0v) is 7.70. The van der Waals surface area contributed by atoms with Gasteiger partial charge in [-0.05, 0) is 6.42 Å². The van der Waals surface area contributed by atoms with Gasteiger partial charge in [-0.15, -0.1) is 0 Å². The Morgan fingerprint density at radius 1 is 1.75 bits per heavy atom. The first-order valence-electron chi connectivity index (χ1n) is 3.95. The number of hydrogen-bond acceptors (Lipinski definition) is 3. The van der Waals surface area contributed by atoms with Gasteiger partial charge in [0, 0.05) is 5.25 Å². The molecule has 70 valence electrons. The second-order valence-electron chi connectivity index (χ2n) is 2.57. The molecule has 0 radical (unpaired) electrons. The summed E-state index contributed by atoms with van der Waals surface area (Å²) in [7, 11) is 0. The Labute approximate surface area is 74.8 Å². The lowest BCUT2D eigenvalue weighted by Crippen LogP contribution is -2.25. The Bertz CT molecular complexity index is 173. The summed E-state index contributed by atoms with van der Waals surface area (Å²) >= 11 is 1.56. The molecule has 0 aromatic carbocycles. The smallest absolute Gasteiger partial charge is 0.255 e. The van der Waals surface area contributed by atoms with Crippen molar-refractivity contribution in [3.05, 3.63) is 0 Å². The Hall–Kier alpha value is -0.320. The van der Waals surface area contributed by atoms with Gasteiger partial charge in [0.15, 0.2) is 5.17 Å². The maximum absolute atomic E-state index is 11.7. The molecule has 12 heavy (non-hydrogen) atoms. The molecule has 2 nitrogen and oxygen atoms in total. The summed E-state index contributed by atoms with van der Waals surface area (Å²) in [5.74, 6) is 0. The van der Waals surface area contributed by atoms with Gasteiger partial charge < -0.3 is 5.32 Å². The van der Waals surface area contributed by atoms with Crippen LogP contribution in [0.5, 0.6) is 0 Å². The molecule has 0 amide bonds. The lowest BCUT2D eigenvalue weighted by molar-refractivity contribution is 0.152. The van der Waals surface area contributed by atoms with E-state index in [2.05, 4.69) is 17.2 Å². The van der Waals surface area contributed by atoms with Crippen LogP contribution in [-0.4, -0.2) is 29.9 Å². The van der Waals surface area contributed by atoms with E-state index in [-0.39, 0.29) is 6.54 Å². The van der Waals surface area contributed by atoms with Crippen molar-refractivity contribution in [2.45, 2.75) is 25.0 Å². The average Bonchev–Trinajstić information content (AvgIpc) is 2.48. The van der Waals surface area contributed by atoms with Crippen molar-refractivity contribution >= 4 is 16.9 Å². The monoisotopic (exact) mass is 194 g/mol. The topological polar surface area (TPSA) is 24.4 Å². The molecule has 0 bridgehead atoms. The third kappa shape index (κ3) is 2.97. The SMILES string of the molecule is CCC1CN=C(NCC(F)F)S1. The van der Waals surface area contributed by atoms with E-state index in [1.54, 1.807) is 11.8 Å². The average molecular weight is 194 g/mol. The molecule has 1 heterocycles. The Morgan fingerprint density at radius 2 is 2.50 bits per heavy atom. The maximum atomic E-state index is 11.7. The van der Waals surface area contributed by atoms with Gasteiger partial charge in [-0.25, -0.2) is 8.78 Å². The van der Waals surface area contributed by atoms with E-state index < -0.39 is 6.43 Å². The molecule has 0 aromatic rings. The number of thioether (sulfide) groups is 1. The van der Waals surface area contributed by atoms with Gasteiger partial charge in [-0.2, -0.15) is 0 Å². The molecule has 0 spiro atoms. The number of halogens is 2. The number of aliphatic imine (C=N–C) groups is 1. The third-order valence-electron chi connectivity index (χ3n) is 1.58. The molecule has 1 unspecified atom stereocenters. The molecule has 1 N–H and O–H groups in total. The highest BCUT2D eigenvalue weighted by molar-refractivity contribution is 8.14. The Balaban J connectivity index is 2.18. The first-order valence-corrected chi connectivity index (χ1v) is 4.83. The first-order chi connectivity index (χ1) is 5.72. The van der Waals surface area contributed by atoms with Crippen LogP contribution in [0.25, 0.3) is 0 Å². The predicted molar refractivity (Wildman–Crippen MR) is 48.0 cm³/mol. The van der Waals surface area contributed by atoms with Gasteiger partial charge in [0.25, 0.3) is 6.43 Å². The highest BCUT2D eigenvalue weighted by Crippen LogP contribution is 2.21. The minimum Gasteiger partial charge on any atom is -0.359 e. The highest BCUT2D eigenvalue weighted by Gasteiger charge is 2.17. The molecule has 0 aromatic heterocycles. The van der Waals surface area contributed by atoms with Gasteiger partial charge in [-0.3, -0.25) is 4.99 Å². The van der Waals surface area contributed by atoms with Crippen LogP contribution in [0.3, 0.4) is 0 Å². The Kier molecular flexibility index (Phi) is 3.78. The van der Waals surface area contributed by atoms with E-state index in [1.807, 2.05) is 0 Å².